The fourth-order valence-electron chi connectivity index (χ4n) is 1.93. The molecule has 0 unspecified atom stereocenters. The Bertz CT molecular complexity index is 562. The molecule has 0 amide bonds. The first-order valence-electron chi connectivity index (χ1n) is 6.24. The normalized spacial score (nSPS) is 15.7. The molecular weight excluding hydrogens is 270 g/mol. The fourth-order valence-corrected chi connectivity index (χ4v) is 3.69. The number of hydrogen-bond donors (Lipinski definition) is 1. The molecule has 1 saturated carbocycles. The Hall–Kier alpha value is -1.41. The molecule has 19 heavy (non-hydrogen) atoms. The first-order valence-corrected chi connectivity index (χ1v) is 7.68. The molecule has 1 aromatic heterocycles. The highest BCUT2D eigenvalue weighted by molar-refractivity contribution is 7.89. The molecule has 2 rings (SSSR count). The summed E-state index contributed by atoms with van der Waals surface area (Å²) in [5.41, 5.74) is -0.0408. The Balaban J connectivity index is 2.35. The first kappa shape index (κ1) is 14.0. The van der Waals surface area contributed by atoms with Crippen LogP contribution in [0.4, 0.5) is 0 Å². The number of H-pyrrole nitrogens is 1. The van der Waals surface area contributed by atoms with Crippen LogP contribution in [0.2, 0.25) is 0 Å². The number of carbonyl (C=O) groups is 1. The van der Waals surface area contributed by atoms with Gasteiger partial charge in [-0.3, -0.25) is 5.10 Å². The van der Waals surface area contributed by atoms with Crippen LogP contribution < -0.4 is 0 Å². The quantitative estimate of drug-likeness (QED) is 0.780. The third-order valence-electron chi connectivity index (χ3n) is 2.93. The summed E-state index contributed by atoms with van der Waals surface area (Å²) in [6.07, 6.45) is 2.90. The molecule has 1 N–H and O–H groups in total. The van der Waals surface area contributed by atoms with Gasteiger partial charge in [0.05, 0.1) is 12.8 Å². The van der Waals surface area contributed by atoms with E-state index in [2.05, 4.69) is 10.2 Å². The largest absolute Gasteiger partial charge is 0.462 e. The molecule has 1 heterocycles. The second-order valence-corrected chi connectivity index (χ2v) is 6.10. The molecule has 1 aromatic rings. The van der Waals surface area contributed by atoms with Gasteiger partial charge in [0.25, 0.3) is 10.0 Å². The summed E-state index contributed by atoms with van der Waals surface area (Å²) in [4.78, 5) is 11.7. The van der Waals surface area contributed by atoms with Gasteiger partial charge in [-0.25, -0.2) is 13.2 Å². The lowest BCUT2D eigenvalue weighted by Crippen LogP contribution is -2.34. The minimum Gasteiger partial charge on any atom is -0.462 e. The van der Waals surface area contributed by atoms with Crippen LogP contribution in [-0.4, -0.2) is 48.1 Å². The maximum Gasteiger partial charge on any atom is 0.342 e. The van der Waals surface area contributed by atoms with E-state index in [1.165, 1.54) is 10.5 Å². The maximum atomic E-state index is 12.5. The Morgan fingerprint density at radius 2 is 2.21 bits per heavy atom. The zero-order valence-electron chi connectivity index (χ0n) is 10.9. The second kappa shape index (κ2) is 5.30. The summed E-state index contributed by atoms with van der Waals surface area (Å²) in [5, 5.41) is 5.88. The van der Waals surface area contributed by atoms with E-state index < -0.39 is 16.0 Å². The number of aromatic nitrogens is 2. The molecule has 0 atom stereocenters. The molecule has 8 heteroatoms. The van der Waals surface area contributed by atoms with Crippen LogP contribution in [0.3, 0.4) is 0 Å². The summed E-state index contributed by atoms with van der Waals surface area (Å²) >= 11 is 0. The van der Waals surface area contributed by atoms with Crippen LogP contribution in [0.5, 0.6) is 0 Å². The molecule has 0 spiro atoms. The topological polar surface area (TPSA) is 92.4 Å². The molecule has 0 aromatic carbocycles. The van der Waals surface area contributed by atoms with Crippen LogP contribution in [0.15, 0.2) is 11.2 Å². The van der Waals surface area contributed by atoms with Gasteiger partial charge in [-0.2, -0.15) is 9.40 Å². The minimum atomic E-state index is -3.72. The number of sulfonamides is 1. The van der Waals surface area contributed by atoms with Gasteiger partial charge in [-0.05, 0) is 19.8 Å². The predicted molar refractivity (Wildman–Crippen MR) is 67.1 cm³/mol. The van der Waals surface area contributed by atoms with Gasteiger partial charge in [0.1, 0.15) is 5.56 Å². The van der Waals surface area contributed by atoms with Crippen LogP contribution in [0.25, 0.3) is 0 Å². The highest BCUT2D eigenvalue weighted by Crippen LogP contribution is 2.32. The van der Waals surface area contributed by atoms with E-state index in [9.17, 15) is 13.2 Å². The molecular formula is C11H17N3O4S. The number of nitrogens with one attached hydrogen (secondary N) is 1. The summed E-state index contributed by atoms with van der Waals surface area (Å²) < 4.78 is 31.2. The number of nitrogens with zero attached hydrogens (tertiary/aromatic N) is 2. The molecule has 0 radical (unpaired) electrons. The van der Waals surface area contributed by atoms with Crippen molar-refractivity contribution in [1.29, 1.82) is 0 Å². The minimum absolute atomic E-state index is 0.0355. The van der Waals surface area contributed by atoms with Crippen molar-refractivity contribution >= 4 is 16.0 Å². The second-order valence-electron chi connectivity index (χ2n) is 4.27. The van der Waals surface area contributed by atoms with Gasteiger partial charge < -0.3 is 4.74 Å². The first-order chi connectivity index (χ1) is 9.02. The predicted octanol–water partition coefficient (Wildman–Crippen LogP) is 0.759. The third-order valence-corrected chi connectivity index (χ3v) is 4.93. The van der Waals surface area contributed by atoms with Crippen molar-refractivity contribution in [3.05, 3.63) is 11.8 Å². The van der Waals surface area contributed by atoms with Crippen molar-refractivity contribution < 1.29 is 17.9 Å². The van der Waals surface area contributed by atoms with Crippen LogP contribution in [0.1, 0.15) is 37.0 Å². The number of rotatable bonds is 6. The molecule has 0 bridgehead atoms. The van der Waals surface area contributed by atoms with E-state index in [-0.39, 0.29) is 23.2 Å². The van der Waals surface area contributed by atoms with Gasteiger partial charge in [-0.1, -0.05) is 6.92 Å². The van der Waals surface area contributed by atoms with Crippen LogP contribution in [-0.2, 0) is 14.8 Å². The van der Waals surface area contributed by atoms with Gasteiger partial charge in [-0.15, -0.1) is 0 Å². The highest BCUT2D eigenvalue weighted by Gasteiger charge is 2.39. The molecule has 106 valence electrons. The summed E-state index contributed by atoms with van der Waals surface area (Å²) in [6.45, 7) is 3.99. The lowest BCUT2D eigenvalue weighted by atomic mass is 10.4. The van der Waals surface area contributed by atoms with Crippen LogP contribution in [0, 0.1) is 0 Å². The number of ether oxygens (including phenoxy) is 1. The van der Waals surface area contributed by atoms with E-state index in [0.29, 0.717) is 6.54 Å². The van der Waals surface area contributed by atoms with E-state index in [1.807, 2.05) is 0 Å². The standard InChI is InChI=1S/C11H17N3O4S/c1-3-14(8-5-6-8)19(16,17)10-9(7-12-13-10)11(15)18-4-2/h7-8H,3-6H2,1-2H3,(H,12,13). The van der Waals surface area contributed by atoms with E-state index in [4.69, 9.17) is 4.74 Å². The van der Waals surface area contributed by atoms with Crippen molar-refractivity contribution in [1.82, 2.24) is 14.5 Å². The summed E-state index contributed by atoms with van der Waals surface area (Å²) in [6, 6.07) is 0.0355. The molecule has 1 aliphatic carbocycles. The molecule has 1 aliphatic rings. The number of hydrogen-bond acceptors (Lipinski definition) is 5. The van der Waals surface area contributed by atoms with Crippen molar-refractivity contribution in [3.8, 4) is 0 Å². The lowest BCUT2D eigenvalue weighted by molar-refractivity contribution is 0.0521. The number of esters is 1. The SMILES string of the molecule is CCOC(=O)c1cn[nH]c1S(=O)(=O)N(CC)C1CC1. The van der Waals surface area contributed by atoms with E-state index in [1.54, 1.807) is 13.8 Å². The van der Waals surface area contributed by atoms with Crippen molar-refractivity contribution in [2.75, 3.05) is 13.2 Å². The number of aromatic amines is 1. The fraction of sp³-hybridized carbons (Fsp3) is 0.636. The Labute approximate surface area is 112 Å². The zero-order chi connectivity index (χ0) is 14.0. The van der Waals surface area contributed by atoms with Crippen molar-refractivity contribution in [2.24, 2.45) is 0 Å². The summed E-state index contributed by atoms with van der Waals surface area (Å²) in [7, 11) is -3.72. The molecule has 7 nitrogen and oxygen atoms in total. The van der Waals surface area contributed by atoms with Gasteiger partial charge >= 0.3 is 5.97 Å². The average molecular weight is 287 g/mol. The monoisotopic (exact) mass is 287 g/mol. The van der Waals surface area contributed by atoms with Crippen molar-refractivity contribution in [2.45, 2.75) is 37.8 Å². The lowest BCUT2D eigenvalue weighted by Gasteiger charge is -2.19. The van der Waals surface area contributed by atoms with E-state index >= 15 is 0 Å². The molecule has 1 fully saturated rings. The smallest absolute Gasteiger partial charge is 0.342 e. The summed E-state index contributed by atoms with van der Waals surface area (Å²) in [5.74, 6) is -0.679. The van der Waals surface area contributed by atoms with Gasteiger partial charge in [0, 0.05) is 12.6 Å². The Kier molecular flexibility index (Phi) is 3.91. The maximum absolute atomic E-state index is 12.5. The van der Waals surface area contributed by atoms with Crippen LogP contribution >= 0.6 is 0 Å². The Morgan fingerprint density at radius 1 is 1.53 bits per heavy atom. The Morgan fingerprint density at radius 3 is 2.74 bits per heavy atom. The third kappa shape index (κ3) is 2.64. The van der Waals surface area contributed by atoms with Gasteiger partial charge in [0.2, 0.25) is 0 Å². The number of carbonyl (C=O) groups excluding carboxylic acids is 1. The molecule has 0 saturated heterocycles. The van der Waals surface area contributed by atoms with Gasteiger partial charge in [0.15, 0.2) is 5.03 Å². The average Bonchev–Trinajstić information content (AvgIpc) is 3.05. The van der Waals surface area contributed by atoms with E-state index in [0.717, 1.165) is 12.8 Å². The molecule has 0 aliphatic heterocycles. The van der Waals surface area contributed by atoms with Crippen molar-refractivity contribution in [3.63, 3.8) is 0 Å². The highest BCUT2D eigenvalue weighted by atomic mass is 32.2. The zero-order valence-corrected chi connectivity index (χ0v) is 11.7.